The van der Waals surface area contributed by atoms with Gasteiger partial charge in [-0.15, -0.1) is 10.2 Å². The minimum absolute atomic E-state index is 0.0882. The molecule has 1 aromatic carbocycles. The molecular weight excluding hydrogens is 286 g/mol. The van der Waals surface area contributed by atoms with E-state index in [0.29, 0.717) is 12.1 Å². The van der Waals surface area contributed by atoms with Crippen molar-refractivity contribution in [1.82, 2.24) is 20.6 Å². The molecule has 22 heavy (non-hydrogen) atoms. The molecule has 1 aromatic heterocycles. The van der Waals surface area contributed by atoms with Gasteiger partial charge in [-0.05, 0) is 24.1 Å². The van der Waals surface area contributed by atoms with Crippen LogP contribution in [0.4, 0.5) is 5.95 Å². The van der Waals surface area contributed by atoms with Crippen molar-refractivity contribution in [2.45, 2.75) is 19.8 Å². The summed E-state index contributed by atoms with van der Waals surface area (Å²) in [6, 6.07) is 7.16. The molecule has 0 aliphatic rings. The number of hydrogen-bond donors (Lipinski definition) is 3. The minimum atomic E-state index is -0.329. The third-order valence-corrected chi connectivity index (χ3v) is 2.94. The van der Waals surface area contributed by atoms with Gasteiger partial charge in [0.25, 0.3) is 5.56 Å². The van der Waals surface area contributed by atoms with Crippen LogP contribution in [0.1, 0.15) is 18.2 Å². The van der Waals surface area contributed by atoms with E-state index < -0.39 is 0 Å². The number of aryl methyl sites for hydroxylation is 1. The lowest BCUT2D eigenvalue weighted by Gasteiger charge is -2.07. The van der Waals surface area contributed by atoms with Crippen LogP contribution in [-0.2, 0) is 17.6 Å². The second kappa shape index (κ2) is 7.21. The number of H-pyrrole nitrogens is 1. The van der Waals surface area contributed by atoms with Gasteiger partial charge in [0.05, 0.1) is 13.5 Å². The molecule has 8 nitrogen and oxygen atoms in total. The number of methoxy groups -OCH3 is 1. The fourth-order valence-electron chi connectivity index (χ4n) is 1.75. The van der Waals surface area contributed by atoms with Crippen LogP contribution in [0, 0.1) is 0 Å². The predicted octanol–water partition coefficient (Wildman–Crippen LogP) is 0.422. The van der Waals surface area contributed by atoms with Crippen molar-refractivity contribution in [3.63, 3.8) is 0 Å². The van der Waals surface area contributed by atoms with Crippen LogP contribution in [0.3, 0.4) is 0 Å². The summed E-state index contributed by atoms with van der Waals surface area (Å²) in [7, 11) is 1.58. The average molecular weight is 303 g/mol. The maximum absolute atomic E-state index is 11.8. The highest BCUT2D eigenvalue weighted by molar-refractivity contribution is 5.79. The maximum atomic E-state index is 11.8. The van der Waals surface area contributed by atoms with Gasteiger partial charge in [-0.2, -0.15) is 0 Å². The number of carbonyl (C=O) groups excluding carboxylic acids is 1. The molecule has 8 heteroatoms. The molecule has 0 radical (unpaired) electrons. The van der Waals surface area contributed by atoms with Crippen molar-refractivity contribution in [2.75, 3.05) is 12.5 Å². The predicted molar refractivity (Wildman–Crippen MR) is 80.5 cm³/mol. The van der Waals surface area contributed by atoms with Gasteiger partial charge in [-0.25, -0.2) is 0 Å². The molecule has 0 unspecified atom stereocenters. The van der Waals surface area contributed by atoms with Crippen molar-refractivity contribution >= 4 is 11.9 Å². The summed E-state index contributed by atoms with van der Waals surface area (Å²) >= 11 is 0. The number of aromatic nitrogens is 3. The number of hydrogen-bond acceptors (Lipinski definition) is 6. The molecule has 0 saturated heterocycles. The number of nitrogens with zero attached hydrogens (tertiary/aromatic N) is 2. The van der Waals surface area contributed by atoms with Gasteiger partial charge in [-0.3, -0.25) is 25.4 Å². The van der Waals surface area contributed by atoms with Crippen LogP contribution < -0.4 is 21.1 Å². The highest BCUT2D eigenvalue weighted by atomic mass is 16.5. The van der Waals surface area contributed by atoms with Gasteiger partial charge < -0.3 is 4.74 Å². The van der Waals surface area contributed by atoms with Gasteiger partial charge >= 0.3 is 0 Å². The first-order valence-electron chi connectivity index (χ1n) is 6.76. The van der Waals surface area contributed by atoms with Gasteiger partial charge in [0.2, 0.25) is 11.9 Å². The molecule has 0 bridgehead atoms. The molecule has 0 atom stereocenters. The third kappa shape index (κ3) is 4.05. The van der Waals surface area contributed by atoms with Crippen molar-refractivity contribution < 1.29 is 9.53 Å². The lowest BCUT2D eigenvalue weighted by Crippen LogP contribution is -2.33. The van der Waals surface area contributed by atoms with E-state index in [0.717, 1.165) is 11.3 Å². The summed E-state index contributed by atoms with van der Waals surface area (Å²) in [5.41, 5.74) is 5.82. The minimum Gasteiger partial charge on any atom is -0.497 e. The SMILES string of the molecule is CCc1nnc(NNC(=O)Cc2ccc(OC)cc2)[nH]c1=O. The van der Waals surface area contributed by atoms with Crippen molar-refractivity contribution in [2.24, 2.45) is 0 Å². The van der Waals surface area contributed by atoms with Gasteiger partial charge in [0.1, 0.15) is 11.4 Å². The van der Waals surface area contributed by atoms with E-state index in [9.17, 15) is 9.59 Å². The van der Waals surface area contributed by atoms with E-state index in [4.69, 9.17) is 4.74 Å². The molecule has 0 saturated carbocycles. The van der Waals surface area contributed by atoms with Crippen LogP contribution in [0.2, 0.25) is 0 Å². The normalized spacial score (nSPS) is 10.1. The summed E-state index contributed by atoms with van der Waals surface area (Å²) in [6.45, 7) is 1.81. The van der Waals surface area contributed by atoms with Crippen LogP contribution in [0.25, 0.3) is 0 Å². The van der Waals surface area contributed by atoms with E-state index in [-0.39, 0.29) is 23.8 Å². The molecule has 3 N–H and O–H groups in total. The van der Waals surface area contributed by atoms with E-state index in [1.807, 2.05) is 6.92 Å². The monoisotopic (exact) mass is 303 g/mol. The van der Waals surface area contributed by atoms with Crippen LogP contribution in [0.15, 0.2) is 29.1 Å². The molecule has 2 aromatic rings. The maximum Gasteiger partial charge on any atom is 0.274 e. The Balaban J connectivity index is 1.89. The van der Waals surface area contributed by atoms with Crippen molar-refractivity contribution in [3.8, 4) is 5.75 Å². The number of nitrogens with one attached hydrogen (secondary N) is 3. The third-order valence-electron chi connectivity index (χ3n) is 2.94. The number of benzene rings is 1. The first-order valence-corrected chi connectivity index (χ1v) is 6.76. The molecular formula is C14H17N5O3. The number of anilines is 1. The topological polar surface area (TPSA) is 109 Å². The number of aromatic amines is 1. The molecule has 0 aliphatic heterocycles. The van der Waals surface area contributed by atoms with E-state index in [1.165, 1.54) is 0 Å². The van der Waals surface area contributed by atoms with Gasteiger partial charge in [0.15, 0.2) is 0 Å². The molecule has 0 fully saturated rings. The van der Waals surface area contributed by atoms with E-state index in [2.05, 4.69) is 26.0 Å². The smallest absolute Gasteiger partial charge is 0.274 e. The number of rotatable bonds is 6. The quantitative estimate of drug-likeness (QED) is 0.667. The zero-order valence-electron chi connectivity index (χ0n) is 12.3. The van der Waals surface area contributed by atoms with Crippen LogP contribution in [0.5, 0.6) is 5.75 Å². The standard InChI is InChI=1S/C14H17N5O3/c1-3-11-13(21)15-14(18-16-11)19-17-12(20)8-9-4-6-10(22-2)7-5-9/h4-7H,3,8H2,1-2H3,(H,17,20)(H2,15,18,19,21). The number of hydrazine groups is 1. The summed E-state index contributed by atoms with van der Waals surface area (Å²) in [5, 5.41) is 7.52. The average Bonchev–Trinajstić information content (AvgIpc) is 2.54. The first kappa shape index (κ1) is 15.5. The lowest BCUT2D eigenvalue weighted by molar-refractivity contribution is -0.119. The highest BCUT2D eigenvalue weighted by Crippen LogP contribution is 2.11. The Kier molecular flexibility index (Phi) is 5.07. The second-order valence-electron chi connectivity index (χ2n) is 4.50. The van der Waals surface area contributed by atoms with E-state index >= 15 is 0 Å². The summed E-state index contributed by atoms with van der Waals surface area (Å²) in [5.74, 6) is 0.545. The Hall–Kier alpha value is -2.90. The highest BCUT2D eigenvalue weighted by Gasteiger charge is 2.06. The fraction of sp³-hybridized carbons (Fsp3) is 0.286. The van der Waals surface area contributed by atoms with Crippen molar-refractivity contribution in [1.29, 1.82) is 0 Å². The number of amides is 1. The fourth-order valence-corrected chi connectivity index (χ4v) is 1.75. The summed E-state index contributed by atoms with van der Waals surface area (Å²) in [4.78, 5) is 25.8. The van der Waals surface area contributed by atoms with E-state index in [1.54, 1.807) is 31.4 Å². The van der Waals surface area contributed by atoms with Crippen molar-refractivity contribution in [3.05, 3.63) is 45.9 Å². The Morgan fingerprint density at radius 2 is 2.00 bits per heavy atom. The van der Waals surface area contributed by atoms with Crippen LogP contribution >= 0.6 is 0 Å². The second-order valence-corrected chi connectivity index (χ2v) is 4.50. The van der Waals surface area contributed by atoms with Crippen LogP contribution in [-0.4, -0.2) is 28.2 Å². The zero-order valence-corrected chi connectivity index (χ0v) is 12.3. The number of ether oxygens (including phenoxy) is 1. The molecule has 1 amide bonds. The Morgan fingerprint density at radius 3 is 2.59 bits per heavy atom. The molecule has 0 spiro atoms. The lowest BCUT2D eigenvalue weighted by atomic mass is 10.1. The molecule has 0 aliphatic carbocycles. The molecule has 116 valence electrons. The van der Waals surface area contributed by atoms with Gasteiger partial charge in [-0.1, -0.05) is 19.1 Å². The Bertz CT molecular complexity index is 696. The van der Waals surface area contributed by atoms with Gasteiger partial charge in [0, 0.05) is 0 Å². The summed E-state index contributed by atoms with van der Waals surface area (Å²) < 4.78 is 5.05. The molecule has 2 rings (SSSR count). The summed E-state index contributed by atoms with van der Waals surface area (Å²) in [6.07, 6.45) is 0.675. The number of carbonyl (C=O) groups is 1. The zero-order chi connectivity index (χ0) is 15.9. The Morgan fingerprint density at radius 1 is 1.27 bits per heavy atom. The Labute approximate surface area is 126 Å². The largest absolute Gasteiger partial charge is 0.497 e. The first-order chi connectivity index (χ1) is 10.6. The molecule has 1 heterocycles.